The highest BCUT2D eigenvalue weighted by molar-refractivity contribution is 6.31. The van der Waals surface area contributed by atoms with Gasteiger partial charge in [0.05, 0.1) is 40.2 Å². The number of halogens is 1. The lowest BCUT2D eigenvalue weighted by atomic mass is 9.49. The molecule has 5 aromatic rings. The Morgan fingerprint density at radius 2 is 1.61 bits per heavy atom. The number of hydrogen-bond acceptors (Lipinski definition) is 11. The number of anilines is 1. The Hall–Kier alpha value is -6.22. The van der Waals surface area contributed by atoms with Crippen LogP contribution in [0, 0.1) is 33.5 Å². The maximum Gasteiger partial charge on any atom is 0.333 e. The van der Waals surface area contributed by atoms with Crippen LogP contribution in [0.3, 0.4) is 0 Å². The Kier molecular flexibility index (Phi) is 14.3. The first-order chi connectivity index (χ1) is 28.3. The van der Waals surface area contributed by atoms with Crippen molar-refractivity contribution in [2.75, 3.05) is 44.2 Å². The Bertz CT molecular complexity index is 2550. The summed E-state index contributed by atoms with van der Waals surface area (Å²) in [7, 11) is 0. The summed E-state index contributed by atoms with van der Waals surface area (Å²) >= 11 is 6.24. The van der Waals surface area contributed by atoms with E-state index in [4.69, 9.17) is 21.1 Å². The number of carbonyl (C=O) groups excluding carboxylic acids is 1. The van der Waals surface area contributed by atoms with Crippen molar-refractivity contribution in [1.29, 1.82) is 10.5 Å². The lowest BCUT2D eigenvalue weighted by Gasteiger charge is -2.63. The molecule has 0 radical (unpaired) electrons. The fourth-order valence-electron chi connectivity index (χ4n) is 8.58. The van der Waals surface area contributed by atoms with Gasteiger partial charge in [-0.1, -0.05) is 54.1 Å². The van der Waals surface area contributed by atoms with Crippen LogP contribution in [0.2, 0.25) is 5.02 Å². The third-order valence-corrected chi connectivity index (χ3v) is 11.8. The molecule has 4 heterocycles. The van der Waals surface area contributed by atoms with Crippen molar-refractivity contribution in [1.82, 2.24) is 29.7 Å². The third kappa shape index (κ3) is 9.72. The van der Waals surface area contributed by atoms with Crippen molar-refractivity contribution < 1.29 is 14.3 Å². The van der Waals surface area contributed by atoms with Gasteiger partial charge < -0.3 is 19.7 Å². The van der Waals surface area contributed by atoms with Crippen molar-refractivity contribution in [2.24, 2.45) is 10.8 Å². The molecule has 15 heteroatoms. The normalized spacial score (nSPS) is 17.7. The second-order valence-electron chi connectivity index (χ2n) is 16.3. The number of hydrogen-bond donors (Lipinski definition) is 2. The predicted molar refractivity (Wildman–Crippen MR) is 238 cm³/mol. The van der Waals surface area contributed by atoms with Crippen LogP contribution in [0.5, 0.6) is 11.5 Å². The maximum absolute atomic E-state index is 13.4. The van der Waals surface area contributed by atoms with E-state index in [1.54, 1.807) is 36.5 Å². The van der Waals surface area contributed by atoms with Crippen molar-refractivity contribution >= 4 is 34.2 Å². The Balaban J connectivity index is 0.00000352. The minimum Gasteiger partial charge on any atom is -0.494 e. The van der Waals surface area contributed by atoms with Crippen LogP contribution in [-0.4, -0.2) is 81.8 Å². The fourth-order valence-corrected chi connectivity index (χ4v) is 8.80. The summed E-state index contributed by atoms with van der Waals surface area (Å²) in [6.07, 6.45) is 7.18. The first kappa shape index (κ1) is 45.9. The molecule has 2 N–H and O–H groups in total. The lowest BCUT2D eigenvalue weighted by Crippen LogP contribution is -2.74. The van der Waals surface area contributed by atoms with Gasteiger partial charge in [-0.15, -0.1) is 0 Å². The van der Waals surface area contributed by atoms with Crippen LogP contribution >= 0.6 is 11.6 Å². The molecule has 61 heavy (non-hydrogen) atoms. The number of ether oxygens (including phenoxy) is 2. The Morgan fingerprint density at radius 3 is 2.28 bits per heavy atom. The molecular weight excluding hydrogens is 794 g/mol. The van der Waals surface area contributed by atoms with Gasteiger partial charge in [-0.25, -0.2) is 9.78 Å². The van der Waals surface area contributed by atoms with Gasteiger partial charge >= 0.3 is 5.69 Å². The summed E-state index contributed by atoms with van der Waals surface area (Å²) in [6, 6.07) is 19.9. The number of unbranched alkanes of at least 4 members (excludes halogenated alkanes) is 2. The van der Waals surface area contributed by atoms with Gasteiger partial charge in [-0.2, -0.15) is 10.5 Å². The Labute approximate surface area is 361 Å². The molecule has 2 fully saturated rings. The standard InChI is InChI=1S/C44H46ClN9O5.2CH4/c1-43(2)40(44(3,4)41(43)59-34-10-8-28(23-46)35(45)22-34)50-38(55)29-9-13-37(49-25-29)53-17-15-52(16-18-53)14-6-5-7-19-58-33-11-12-36-30(21-33)20-32(26-48-36)54-27-31(24-47)39(56)51-42(54)57;;/h8-13,20-22,25-27,40-41H,5-7,14-19H2,1-4H3,(H,50,55)(H,51,56,57);2*1H4. The molecule has 14 nitrogen and oxygen atoms in total. The van der Waals surface area contributed by atoms with Crippen molar-refractivity contribution in [3.8, 4) is 29.3 Å². The first-order valence-corrected chi connectivity index (χ1v) is 20.1. The van der Waals surface area contributed by atoms with Crippen molar-refractivity contribution in [2.45, 2.75) is 74.0 Å². The summed E-state index contributed by atoms with van der Waals surface area (Å²) in [5, 5.41) is 22.8. The van der Waals surface area contributed by atoms with Crippen LogP contribution in [0.25, 0.3) is 16.6 Å². The zero-order valence-corrected chi connectivity index (χ0v) is 34.3. The van der Waals surface area contributed by atoms with Gasteiger partial charge in [0.1, 0.15) is 41.1 Å². The molecule has 3 aromatic heterocycles. The predicted octanol–water partition coefficient (Wildman–Crippen LogP) is 7.12. The van der Waals surface area contributed by atoms with Gasteiger partial charge in [-0.05, 0) is 74.3 Å². The minimum atomic E-state index is -0.726. The first-order valence-electron chi connectivity index (χ1n) is 19.7. The molecule has 0 unspecified atom stereocenters. The number of aromatic amines is 1. The third-order valence-electron chi connectivity index (χ3n) is 11.5. The van der Waals surface area contributed by atoms with Crippen LogP contribution < -0.4 is 30.9 Å². The van der Waals surface area contributed by atoms with Crippen LogP contribution in [0.1, 0.15) is 83.3 Å². The molecule has 320 valence electrons. The van der Waals surface area contributed by atoms with E-state index in [0.717, 1.165) is 68.7 Å². The largest absolute Gasteiger partial charge is 0.494 e. The van der Waals surface area contributed by atoms with E-state index in [9.17, 15) is 24.9 Å². The highest BCUT2D eigenvalue weighted by atomic mass is 35.5. The van der Waals surface area contributed by atoms with Gasteiger partial charge in [0, 0.05) is 66.9 Å². The minimum absolute atomic E-state index is 0. The molecule has 1 aliphatic carbocycles. The van der Waals surface area contributed by atoms with Crippen molar-refractivity contribution in [3.05, 3.63) is 116 Å². The molecule has 0 bridgehead atoms. The number of nitrogens with one attached hydrogen (secondary N) is 2. The molecule has 1 saturated carbocycles. The number of aromatic nitrogens is 4. The Morgan fingerprint density at radius 1 is 0.885 bits per heavy atom. The second kappa shape index (κ2) is 19.0. The fraction of sp³-hybridized carbons (Fsp3) is 0.413. The number of nitrogens with zero attached hydrogens (tertiary/aromatic N) is 7. The van der Waals surface area contributed by atoms with E-state index in [1.165, 1.54) is 17.0 Å². The van der Waals surface area contributed by atoms with E-state index in [-0.39, 0.29) is 49.3 Å². The highest BCUT2D eigenvalue weighted by Crippen LogP contribution is 2.55. The van der Waals surface area contributed by atoms with E-state index < -0.39 is 11.2 Å². The number of H-pyrrole nitrogens is 1. The maximum atomic E-state index is 13.4. The van der Waals surface area contributed by atoms with E-state index in [1.807, 2.05) is 30.3 Å². The molecule has 1 amide bonds. The van der Waals surface area contributed by atoms with Gasteiger partial charge in [-0.3, -0.25) is 29.0 Å². The number of rotatable bonds is 13. The number of carbonyl (C=O) groups is 1. The molecule has 0 spiro atoms. The molecule has 2 aliphatic rings. The topological polar surface area (TPSA) is 182 Å². The average molecular weight is 848 g/mol. The summed E-state index contributed by atoms with van der Waals surface area (Å²) in [6.45, 7) is 13.5. The van der Waals surface area contributed by atoms with E-state index in [2.05, 4.69) is 63.8 Å². The molecule has 0 atom stereocenters. The zero-order valence-electron chi connectivity index (χ0n) is 33.5. The molecular formula is C46H54ClN9O5. The summed E-state index contributed by atoms with van der Waals surface area (Å²) < 4.78 is 13.6. The van der Waals surface area contributed by atoms with E-state index >= 15 is 0 Å². The smallest absolute Gasteiger partial charge is 0.333 e. The number of pyridine rings is 2. The van der Waals surface area contributed by atoms with Crippen LogP contribution in [-0.2, 0) is 0 Å². The van der Waals surface area contributed by atoms with Gasteiger partial charge in [0.15, 0.2) is 0 Å². The quantitative estimate of drug-likeness (QED) is 0.115. The van der Waals surface area contributed by atoms with Crippen LogP contribution in [0.15, 0.2) is 82.8 Å². The van der Waals surface area contributed by atoms with Gasteiger partial charge in [0.25, 0.3) is 11.5 Å². The molecule has 1 saturated heterocycles. The number of piperazine rings is 1. The summed E-state index contributed by atoms with van der Waals surface area (Å²) in [5.41, 5.74) is -0.216. The van der Waals surface area contributed by atoms with E-state index in [0.29, 0.717) is 39.9 Å². The molecule has 1 aliphatic heterocycles. The monoisotopic (exact) mass is 847 g/mol. The van der Waals surface area contributed by atoms with Gasteiger partial charge in [0.2, 0.25) is 0 Å². The number of fused-ring (bicyclic) bond motifs is 1. The lowest BCUT2D eigenvalue weighted by molar-refractivity contribution is -0.164. The average Bonchev–Trinajstić information content (AvgIpc) is 3.23. The molecule has 2 aromatic carbocycles. The highest BCUT2D eigenvalue weighted by Gasteiger charge is 2.64. The number of nitriles is 2. The van der Waals surface area contributed by atoms with Crippen molar-refractivity contribution in [3.63, 3.8) is 0 Å². The summed E-state index contributed by atoms with van der Waals surface area (Å²) in [4.78, 5) is 53.6. The summed E-state index contributed by atoms with van der Waals surface area (Å²) in [5.74, 6) is 1.97. The number of benzene rings is 2. The molecule has 7 rings (SSSR count). The van der Waals surface area contributed by atoms with Crippen LogP contribution in [0.4, 0.5) is 5.82 Å². The second-order valence-corrected chi connectivity index (χ2v) is 16.7. The SMILES string of the molecule is C.C.CC1(C)C(NC(=O)c2ccc(N3CCN(CCCCCOc4ccc5ncc(-n6cc(C#N)c(=O)[nH]c6=O)cc5c4)CC3)nc2)C(C)(C)C1Oc1ccc(C#N)c(Cl)c1. The zero-order chi connectivity index (χ0) is 41.9. The number of amides is 1.